The van der Waals surface area contributed by atoms with E-state index in [-0.39, 0.29) is 5.91 Å². The minimum Gasteiger partial charge on any atom is -0.366 e. The van der Waals surface area contributed by atoms with Crippen LogP contribution in [0.4, 0.5) is 0 Å². The molecule has 0 aromatic heterocycles. The van der Waals surface area contributed by atoms with Crippen LogP contribution in [0.3, 0.4) is 0 Å². The maximum Gasteiger partial charge on any atom is 0.239 e. The molecule has 0 radical (unpaired) electrons. The van der Waals surface area contributed by atoms with Crippen molar-refractivity contribution in [2.45, 2.75) is 13.8 Å². The van der Waals surface area contributed by atoms with E-state index < -0.39 is 0 Å². The van der Waals surface area contributed by atoms with Crippen molar-refractivity contribution in [2.24, 2.45) is 5.73 Å². The summed E-state index contributed by atoms with van der Waals surface area (Å²) in [5, 5.41) is 0.796. The van der Waals surface area contributed by atoms with Gasteiger partial charge in [0.15, 0.2) is 0 Å². The highest BCUT2D eigenvalue weighted by molar-refractivity contribution is 6.36. The highest BCUT2D eigenvalue weighted by Gasteiger charge is 1.96. The molecule has 2 nitrogen and oxygen atoms in total. The zero-order chi connectivity index (χ0) is 6.73. The quantitative estimate of drug-likeness (QED) is 0.363. The van der Waals surface area contributed by atoms with Crippen LogP contribution in [-0.4, -0.2) is 16.1 Å². The molecule has 2 N–H and O–H groups in total. The molecule has 0 rings (SSSR count). The third kappa shape index (κ3) is 1.93. The third-order valence-electron chi connectivity index (χ3n) is 1.12. The molecule has 0 bridgehead atoms. The summed E-state index contributed by atoms with van der Waals surface area (Å²) in [5.74, 6) is -0.267. The number of carbonyl (C=O) groups is 1. The SMILES string of the molecule is CC(C)=C([SiH3])C(N)=O. The summed E-state index contributed by atoms with van der Waals surface area (Å²) in [6.07, 6.45) is 0. The predicted octanol–water partition coefficient (Wildman–Crippen LogP) is -0.869. The molecule has 3 heteroatoms. The smallest absolute Gasteiger partial charge is 0.239 e. The van der Waals surface area contributed by atoms with E-state index in [9.17, 15) is 4.79 Å². The molecule has 0 aliphatic carbocycles. The Morgan fingerprint density at radius 2 is 1.88 bits per heavy atom. The average Bonchev–Trinajstić information content (AvgIpc) is 1.64. The second-order valence-corrected chi connectivity index (χ2v) is 2.99. The van der Waals surface area contributed by atoms with Gasteiger partial charge in [-0.05, 0) is 19.0 Å². The number of amides is 1. The number of rotatable bonds is 1. The van der Waals surface area contributed by atoms with E-state index in [4.69, 9.17) is 5.73 Å². The molecule has 0 heterocycles. The van der Waals surface area contributed by atoms with Crippen LogP contribution < -0.4 is 5.73 Å². The summed E-state index contributed by atoms with van der Waals surface area (Å²) >= 11 is 0. The van der Waals surface area contributed by atoms with Gasteiger partial charge >= 0.3 is 0 Å². The van der Waals surface area contributed by atoms with Gasteiger partial charge < -0.3 is 5.73 Å². The monoisotopic (exact) mass is 129 g/mol. The highest BCUT2D eigenvalue weighted by Crippen LogP contribution is 1.94. The molecule has 0 aliphatic heterocycles. The second-order valence-electron chi connectivity index (χ2n) is 1.99. The molecule has 46 valence electrons. The van der Waals surface area contributed by atoms with Crippen LogP contribution in [0.15, 0.2) is 10.8 Å². The van der Waals surface area contributed by atoms with Crippen LogP contribution in [0.1, 0.15) is 13.8 Å². The maximum absolute atomic E-state index is 10.3. The topological polar surface area (TPSA) is 43.1 Å². The molecule has 1 amide bonds. The molecule has 0 unspecified atom stereocenters. The molecule has 0 aromatic carbocycles. The zero-order valence-electron chi connectivity index (χ0n) is 5.49. The van der Waals surface area contributed by atoms with Crippen molar-refractivity contribution in [1.82, 2.24) is 0 Å². The first-order valence-corrected chi connectivity index (χ1v) is 3.49. The lowest BCUT2D eigenvalue weighted by molar-refractivity contribution is -0.114. The predicted molar refractivity (Wildman–Crippen MR) is 37.5 cm³/mol. The highest BCUT2D eigenvalue weighted by atomic mass is 28.1. The van der Waals surface area contributed by atoms with Crippen LogP contribution in [-0.2, 0) is 4.79 Å². The van der Waals surface area contributed by atoms with Gasteiger partial charge in [0.05, 0.1) is 0 Å². The minimum atomic E-state index is -0.267. The molecule has 0 saturated heterocycles. The molecular formula is C5H11NOSi. The number of hydrogen-bond donors (Lipinski definition) is 1. The molecule has 0 aliphatic rings. The summed E-state index contributed by atoms with van der Waals surface area (Å²) < 4.78 is 0. The Kier molecular flexibility index (Phi) is 2.47. The lowest BCUT2D eigenvalue weighted by Crippen LogP contribution is -2.14. The van der Waals surface area contributed by atoms with Crippen molar-refractivity contribution >= 4 is 16.1 Å². The standard InChI is InChI=1S/C5H11NOSi/c1-3(2)4(8)5(6)7/h1-2,8H3,(H2,6,7). The Morgan fingerprint density at radius 3 is 1.88 bits per heavy atom. The van der Waals surface area contributed by atoms with Crippen LogP contribution in [0, 0.1) is 0 Å². The van der Waals surface area contributed by atoms with Gasteiger partial charge in [0.1, 0.15) is 0 Å². The fraction of sp³-hybridized carbons (Fsp3) is 0.400. The zero-order valence-corrected chi connectivity index (χ0v) is 7.49. The fourth-order valence-electron chi connectivity index (χ4n) is 0.246. The lowest BCUT2D eigenvalue weighted by Gasteiger charge is -1.94. The van der Waals surface area contributed by atoms with E-state index in [2.05, 4.69) is 0 Å². The van der Waals surface area contributed by atoms with Gasteiger partial charge in [-0.3, -0.25) is 4.79 Å². The van der Waals surface area contributed by atoms with Gasteiger partial charge in [-0.2, -0.15) is 0 Å². The normalized spacial score (nSPS) is 8.75. The van der Waals surface area contributed by atoms with Crippen molar-refractivity contribution in [3.8, 4) is 0 Å². The van der Waals surface area contributed by atoms with Gasteiger partial charge in [-0.25, -0.2) is 0 Å². The van der Waals surface area contributed by atoms with Crippen molar-refractivity contribution < 1.29 is 4.79 Å². The van der Waals surface area contributed by atoms with E-state index >= 15 is 0 Å². The summed E-state index contributed by atoms with van der Waals surface area (Å²) in [6, 6.07) is 0. The summed E-state index contributed by atoms with van der Waals surface area (Å²) in [6.45, 7) is 3.79. The third-order valence-corrected chi connectivity index (χ3v) is 2.61. The first kappa shape index (κ1) is 7.43. The molecule has 8 heavy (non-hydrogen) atoms. The summed E-state index contributed by atoms with van der Waals surface area (Å²) in [7, 11) is 0.763. The van der Waals surface area contributed by atoms with Crippen LogP contribution in [0.2, 0.25) is 0 Å². The molecule has 0 spiro atoms. The lowest BCUT2D eigenvalue weighted by atomic mass is 10.3. The van der Waals surface area contributed by atoms with Gasteiger partial charge in [-0.1, -0.05) is 5.57 Å². The Bertz CT molecular complexity index is 135. The van der Waals surface area contributed by atoms with Gasteiger partial charge in [0, 0.05) is 10.2 Å². The molecular weight excluding hydrogens is 118 g/mol. The Balaban J connectivity index is 4.23. The number of nitrogens with two attached hydrogens (primary N) is 1. The minimum absolute atomic E-state index is 0.267. The maximum atomic E-state index is 10.3. The van der Waals surface area contributed by atoms with Crippen molar-refractivity contribution in [3.63, 3.8) is 0 Å². The van der Waals surface area contributed by atoms with E-state index in [1.165, 1.54) is 0 Å². The largest absolute Gasteiger partial charge is 0.366 e. The Labute approximate surface area is 52.2 Å². The fourth-order valence-corrected chi connectivity index (χ4v) is 0.246. The number of primary amides is 1. The van der Waals surface area contributed by atoms with Gasteiger partial charge in [-0.15, -0.1) is 0 Å². The average molecular weight is 129 g/mol. The van der Waals surface area contributed by atoms with Crippen molar-refractivity contribution in [1.29, 1.82) is 0 Å². The molecule has 0 fully saturated rings. The van der Waals surface area contributed by atoms with E-state index in [0.29, 0.717) is 0 Å². The van der Waals surface area contributed by atoms with E-state index in [1.807, 2.05) is 13.8 Å². The van der Waals surface area contributed by atoms with Crippen molar-refractivity contribution in [3.05, 3.63) is 10.8 Å². The Hall–Kier alpha value is -0.573. The van der Waals surface area contributed by atoms with Crippen LogP contribution in [0.25, 0.3) is 0 Å². The number of allylic oxidation sites excluding steroid dienone is 1. The molecule has 0 aromatic rings. The van der Waals surface area contributed by atoms with E-state index in [0.717, 1.165) is 21.0 Å². The molecule has 0 saturated carbocycles. The Morgan fingerprint density at radius 1 is 1.50 bits per heavy atom. The second kappa shape index (κ2) is 2.67. The first-order chi connectivity index (χ1) is 3.55. The van der Waals surface area contributed by atoms with Crippen molar-refractivity contribution in [2.75, 3.05) is 0 Å². The van der Waals surface area contributed by atoms with Gasteiger partial charge in [0.2, 0.25) is 5.91 Å². The van der Waals surface area contributed by atoms with Gasteiger partial charge in [0.25, 0.3) is 0 Å². The van der Waals surface area contributed by atoms with Crippen LogP contribution >= 0.6 is 0 Å². The van der Waals surface area contributed by atoms with Crippen LogP contribution in [0.5, 0.6) is 0 Å². The number of carbonyl (C=O) groups excluding carboxylic acids is 1. The summed E-state index contributed by atoms with van der Waals surface area (Å²) in [4.78, 5) is 10.3. The van der Waals surface area contributed by atoms with E-state index in [1.54, 1.807) is 0 Å². The first-order valence-electron chi connectivity index (χ1n) is 2.49. The summed E-state index contributed by atoms with van der Waals surface area (Å²) in [5.41, 5.74) is 6.02. The molecule has 0 atom stereocenters. The number of hydrogen-bond acceptors (Lipinski definition) is 1.